The molecule has 0 heterocycles. The molecule has 4 nitrogen and oxygen atoms in total. The van der Waals surface area contributed by atoms with Gasteiger partial charge in [-0.15, -0.1) is 10.3 Å². The highest BCUT2D eigenvalue weighted by Crippen LogP contribution is 2.59. The highest BCUT2D eigenvalue weighted by atomic mass is 32.3. The Bertz CT molecular complexity index is 707. The standard InChI is InChI=1S/C20H32O4S2/c1-15(2)25(16(3)4,14-20(21)18-8-6-7-9-18)24-26(22,23)19-12-10-17(5)11-13-19/h10-13,15-16,18H,6-9,14H2,1-5H3. The summed E-state index contributed by atoms with van der Waals surface area (Å²) in [6.07, 6.45) is 4.03. The van der Waals surface area contributed by atoms with E-state index in [4.69, 9.17) is 3.63 Å². The number of hydrogen-bond donors (Lipinski definition) is 0. The zero-order valence-electron chi connectivity index (χ0n) is 16.5. The third-order valence-electron chi connectivity index (χ3n) is 5.30. The number of hydrogen-bond acceptors (Lipinski definition) is 4. The Morgan fingerprint density at radius 3 is 2.00 bits per heavy atom. The van der Waals surface area contributed by atoms with Crippen LogP contribution in [-0.4, -0.2) is 30.5 Å². The first-order valence-electron chi connectivity index (χ1n) is 9.42. The van der Waals surface area contributed by atoms with Gasteiger partial charge < -0.3 is 0 Å². The Labute approximate surface area is 160 Å². The van der Waals surface area contributed by atoms with Gasteiger partial charge in [0.2, 0.25) is 0 Å². The number of benzene rings is 1. The van der Waals surface area contributed by atoms with Crippen LogP contribution in [0.1, 0.15) is 58.9 Å². The topological polar surface area (TPSA) is 60.4 Å². The van der Waals surface area contributed by atoms with E-state index in [1.54, 1.807) is 24.3 Å². The summed E-state index contributed by atoms with van der Waals surface area (Å²) in [5, 5.41) is -0.0406. The maximum Gasteiger partial charge on any atom is 0.306 e. The molecule has 1 aliphatic carbocycles. The van der Waals surface area contributed by atoms with Crippen molar-refractivity contribution in [2.24, 2.45) is 5.92 Å². The van der Waals surface area contributed by atoms with Crippen LogP contribution >= 0.6 is 10.3 Å². The van der Waals surface area contributed by atoms with E-state index >= 15 is 0 Å². The highest BCUT2D eigenvalue weighted by Gasteiger charge is 2.41. The van der Waals surface area contributed by atoms with E-state index in [1.807, 2.05) is 34.6 Å². The van der Waals surface area contributed by atoms with Crippen LogP contribution in [0, 0.1) is 12.8 Å². The second kappa shape index (κ2) is 8.44. The monoisotopic (exact) mass is 400 g/mol. The van der Waals surface area contributed by atoms with E-state index in [0.29, 0.717) is 0 Å². The van der Waals surface area contributed by atoms with Crippen molar-refractivity contribution in [1.29, 1.82) is 0 Å². The predicted octanol–water partition coefficient (Wildman–Crippen LogP) is 5.00. The van der Waals surface area contributed by atoms with Gasteiger partial charge in [0.1, 0.15) is 5.78 Å². The number of carbonyl (C=O) groups is 1. The molecule has 1 aliphatic rings. The van der Waals surface area contributed by atoms with E-state index in [9.17, 15) is 13.2 Å². The lowest BCUT2D eigenvalue weighted by Crippen LogP contribution is -2.33. The predicted molar refractivity (Wildman–Crippen MR) is 109 cm³/mol. The van der Waals surface area contributed by atoms with Crippen molar-refractivity contribution >= 4 is 26.2 Å². The number of rotatable bonds is 8. The van der Waals surface area contributed by atoms with Crippen LogP contribution in [0.25, 0.3) is 0 Å². The average Bonchev–Trinajstić information content (AvgIpc) is 3.08. The molecule has 0 radical (unpaired) electrons. The normalized spacial score (nSPS) is 17.2. The van der Waals surface area contributed by atoms with Gasteiger partial charge in [-0.1, -0.05) is 58.2 Å². The minimum absolute atomic E-state index is 0.0203. The smallest absolute Gasteiger partial charge is 0.298 e. The van der Waals surface area contributed by atoms with Crippen LogP contribution in [0.5, 0.6) is 0 Å². The average molecular weight is 401 g/mol. The lowest BCUT2D eigenvalue weighted by molar-refractivity contribution is -0.120. The maximum absolute atomic E-state index is 13.0. The Kier molecular flexibility index (Phi) is 6.97. The molecule has 0 unspecified atom stereocenters. The maximum atomic E-state index is 13.0. The summed E-state index contributed by atoms with van der Waals surface area (Å²) in [6.45, 7) is 9.81. The van der Waals surface area contributed by atoms with Crippen molar-refractivity contribution in [3.8, 4) is 0 Å². The molecular weight excluding hydrogens is 368 g/mol. The molecule has 148 valence electrons. The summed E-state index contributed by atoms with van der Waals surface area (Å²) in [4.78, 5) is 13.0. The lowest BCUT2D eigenvalue weighted by Gasteiger charge is -2.45. The fourth-order valence-corrected chi connectivity index (χ4v) is 9.56. The SMILES string of the molecule is Cc1ccc(S(=O)(=O)OS(CC(=O)C2CCCC2)(C(C)C)C(C)C)cc1. The molecule has 6 heteroatoms. The van der Waals surface area contributed by atoms with Crippen LogP contribution in [0.4, 0.5) is 0 Å². The van der Waals surface area contributed by atoms with E-state index in [-0.39, 0.29) is 32.8 Å². The van der Waals surface area contributed by atoms with Gasteiger partial charge in [-0.05, 0) is 31.9 Å². The molecule has 0 saturated heterocycles. The van der Waals surface area contributed by atoms with Gasteiger partial charge in [0, 0.05) is 16.4 Å². The fraction of sp³-hybridized carbons (Fsp3) is 0.650. The van der Waals surface area contributed by atoms with E-state index < -0.39 is 20.4 Å². The van der Waals surface area contributed by atoms with Crippen LogP contribution in [0.15, 0.2) is 29.2 Å². The molecule has 0 atom stereocenters. The number of carbonyl (C=O) groups excluding carboxylic acids is 1. The van der Waals surface area contributed by atoms with Gasteiger partial charge in [-0.3, -0.25) is 4.79 Å². The molecule has 0 amide bonds. The van der Waals surface area contributed by atoms with Crippen molar-refractivity contribution < 1.29 is 16.8 Å². The summed E-state index contributed by atoms with van der Waals surface area (Å²) in [7, 11) is -6.03. The molecule has 2 rings (SSSR count). The summed E-state index contributed by atoms with van der Waals surface area (Å²) in [5.74, 6) is 0.488. The first-order chi connectivity index (χ1) is 12.1. The van der Waals surface area contributed by atoms with Crippen molar-refractivity contribution in [3.05, 3.63) is 29.8 Å². The lowest BCUT2D eigenvalue weighted by atomic mass is 10.0. The molecule has 0 aromatic heterocycles. The van der Waals surface area contributed by atoms with E-state index in [0.717, 1.165) is 31.2 Å². The summed E-state index contributed by atoms with van der Waals surface area (Å²) in [5.41, 5.74) is 0.992. The first kappa shape index (κ1) is 21.5. The van der Waals surface area contributed by atoms with Gasteiger partial charge in [0.05, 0.1) is 10.6 Å². The number of aryl methyl sites for hydroxylation is 1. The molecule has 1 fully saturated rings. The summed E-state index contributed by atoms with van der Waals surface area (Å²) in [6, 6.07) is 6.69. The quantitative estimate of drug-likeness (QED) is 0.616. The Morgan fingerprint density at radius 1 is 1.04 bits per heavy atom. The molecule has 1 saturated carbocycles. The fourth-order valence-electron chi connectivity index (χ4n) is 3.56. The Morgan fingerprint density at radius 2 is 1.54 bits per heavy atom. The second-order valence-electron chi connectivity index (χ2n) is 7.80. The van der Waals surface area contributed by atoms with Gasteiger partial charge in [-0.25, -0.2) is 3.63 Å². The first-order valence-corrected chi connectivity index (χ1v) is 12.7. The number of Topliss-reactive ketones (excluding diaryl/α,β-unsaturated/α-hetero) is 1. The van der Waals surface area contributed by atoms with Crippen LogP contribution in [-0.2, 0) is 18.5 Å². The van der Waals surface area contributed by atoms with E-state index in [1.165, 1.54) is 0 Å². The van der Waals surface area contributed by atoms with Crippen molar-refractivity contribution in [3.63, 3.8) is 0 Å². The molecular formula is C20H32O4S2. The third-order valence-corrected chi connectivity index (χ3v) is 11.8. The summed E-state index contributed by atoms with van der Waals surface area (Å²) >= 11 is 0. The Balaban J connectivity index is 2.34. The molecule has 0 N–H and O–H groups in total. The third kappa shape index (κ3) is 4.70. The zero-order chi connectivity index (χ0) is 19.5. The van der Waals surface area contributed by atoms with Crippen molar-refractivity contribution in [2.45, 2.75) is 75.7 Å². The van der Waals surface area contributed by atoms with Crippen LogP contribution in [0.2, 0.25) is 0 Å². The van der Waals surface area contributed by atoms with Gasteiger partial charge >= 0.3 is 10.1 Å². The van der Waals surface area contributed by atoms with Crippen molar-refractivity contribution in [1.82, 2.24) is 0 Å². The molecule has 1 aromatic rings. The van der Waals surface area contributed by atoms with Gasteiger partial charge in [0.25, 0.3) is 0 Å². The van der Waals surface area contributed by atoms with Crippen molar-refractivity contribution in [2.75, 3.05) is 5.75 Å². The molecule has 0 bridgehead atoms. The van der Waals surface area contributed by atoms with Crippen LogP contribution < -0.4 is 0 Å². The molecule has 0 aliphatic heterocycles. The second-order valence-corrected chi connectivity index (χ2v) is 13.5. The molecule has 0 spiro atoms. The van der Waals surface area contributed by atoms with Crippen LogP contribution in [0.3, 0.4) is 0 Å². The minimum Gasteiger partial charge on any atom is -0.298 e. The molecule has 1 aromatic carbocycles. The molecule has 26 heavy (non-hydrogen) atoms. The Hall–Kier alpha value is -0.850. The minimum atomic E-state index is -3.91. The zero-order valence-corrected chi connectivity index (χ0v) is 18.2. The van der Waals surface area contributed by atoms with Gasteiger partial charge in [-0.2, -0.15) is 8.42 Å². The summed E-state index contributed by atoms with van der Waals surface area (Å²) < 4.78 is 31.9. The highest BCUT2D eigenvalue weighted by molar-refractivity contribution is 8.34. The van der Waals surface area contributed by atoms with E-state index in [2.05, 4.69) is 0 Å². The largest absolute Gasteiger partial charge is 0.306 e. The van der Waals surface area contributed by atoms with Gasteiger partial charge in [0.15, 0.2) is 0 Å². The number of ketones is 1.